The number of hydrogen-bond donors (Lipinski definition) is 2. The fourth-order valence-electron chi connectivity index (χ4n) is 2.91. The van der Waals surface area contributed by atoms with Gasteiger partial charge in [-0.25, -0.2) is 5.01 Å². The Bertz CT molecular complexity index is 854. The molecule has 1 aromatic heterocycles. The van der Waals surface area contributed by atoms with E-state index >= 15 is 0 Å². The number of benzene rings is 1. The molecule has 1 aromatic carbocycles. The third-order valence-corrected chi connectivity index (χ3v) is 4.22. The zero-order valence-electron chi connectivity index (χ0n) is 14.7. The van der Waals surface area contributed by atoms with Crippen LogP contribution in [0.3, 0.4) is 0 Å². The summed E-state index contributed by atoms with van der Waals surface area (Å²) in [4.78, 5) is 16.5. The monoisotopic (exact) mass is 393 g/mol. The molecule has 0 spiro atoms. The second-order valence-corrected chi connectivity index (χ2v) is 6.20. The lowest BCUT2D eigenvalue weighted by atomic mass is 10.1. The van der Waals surface area contributed by atoms with Crippen molar-refractivity contribution in [1.29, 1.82) is 0 Å². The lowest BCUT2D eigenvalue weighted by Crippen LogP contribution is -2.51. The summed E-state index contributed by atoms with van der Waals surface area (Å²) in [5, 5.41) is 21.9. The maximum atomic E-state index is 12.8. The van der Waals surface area contributed by atoms with Crippen molar-refractivity contribution < 1.29 is 28.2 Å². The van der Waals surface area contributed by atoms with Gasteiger partial charge in [-0.3, -0.25) is 14.8 Å². The van der Waals surface area contributed by atoms with Crippen molar-refractivity contribution in [1.82, 2.24) is 9.99 Å². The summed E-state index contributed by atoms with van der Waals surface area (Å²) in [6.07, 6.45) is -1.01. The Hall–Kier alpha value is -2.91. The van der Waals surface area contributed by atoms with Gasteiger partial charge >= 0.3 is 6.18 Å². The molecule has 0 aliphatic carbocycles. The SMILES string of the molecule is O=C1CC=C(c2ccc(C(F)(F)F)cc2)N(CC(O)CO)N1c1cccnc1. The van der Waals surface area contributed by atoms with Crippen molar-refractivity contribution in [2.75, 3.05) is 18.2 Å². The minimum Gasteiger partial charge on any atom is -0.394 e. The van der Waals surface area contributed by atoms with Crippen molar-refractivity contribution in [2.24, 2.45) is 0 Å². The number of amides is 1. The van der Waals surface area contributed by atoms with Crippen LogP contribution in [0.1, 0.15) is 17.5 Å². The Balaban J connectivity index is 2.01. The topological polar surface area (TPSA) is 76.9 Å². The molecule has 148 valence electrons. The summed E-state index contributed by atoms with van der Waals surface area (Å²) in [5.74, 6) is -0.297. The number of halogens is 3. The highest BCUT2D eigenvalue weighted by atomic mass is 19.4. The first kappa shape index (κ1) is 19.8. The number of alkyl halides is 3. The Kier molecular flexibility index (Phi) is 5.66. The van der Waals surface area contributed by atoms with Crippen LogP contribution in [0.5, 0.6) is 0 Å². The smallest absolute Gasteiger partial charge is 0.394 e. The van der Waals surface area contributed by atoms with E-state index in [2.05, 4.69) is 4.98 Å². The number of aromatic nitrogens is 1. The van der Waals surface area contributed by atoms with E-state index in [4.69, 9.17) is 0 Å². The van der Waals surface area contributed by atoms with Crippen molar-refractivity contribution >= 4 is 17.3 Å². The maximum Gasteiger partial charge on any atom is 0.416 e. The average Bonchev–Trinajstić information content (AvgIpc) is 2.68. The standard InChI is InChI=1S/C19H18F3N3O3/c20-19(21,22)14-5-3-13(4-6-14)17-7-8-18(28)25(15-2-1-9-23-10-15)24(17)11-16(27)12-26/h1-7,9-10,16,26-27H,8,11-12H2. The van der Waals surface area contributed by atoms with Gasteiger partial charge in [-0.2, -0.15) is 13.2 Å². The molecule has 0 bridgehead atoms. The number of hydrazine groups is 1. The fourth-order valence-corrected chi connectivity index (χ4v) is 2.91. The van der Waals surface area contributed by atoms with Gasteiger partial charge < -0.3 is 10.2 Å². The van der Waals surface area contributed by atoms with Gasteiger partial charge in [0.05, 0.1) is 42.4 Å². The summed E-state index contributed by atoms with van der Waals surface area (Å²) in [6, 6.07) is 7.83. The van der Waals surface area contributed by atoms with Gasteiger partial charge in [0.15, 0.2) is 0 Å². The molecule has 0 radical (unpaired) electrons. The number of pyridine rings is 1. The second kappa shape index (κ2) is 7.99. The highest BCUT2D eigenvalue weighted by Gasteiger charge is 2.33. The Morgan fingerprint density at radius 3 is 2.46 bits per heavy atom. The molecule has 0 fully saturated rings. The Morgan fingerprint density at radius 2 is 1.89 bits per heavy atom. The highest BCUT2D eigenvalue weighted by molar-refractivity contribution is 5.97. The van der Waals surface area contributed by atoms with Gasteiger partial charge in [0, 0.05) is 12.6 Å². The number of anilines is 1. The molecule has 3 rings (SSSR count). The number of carbonyl (C=O) groups excluding carboxylic acids is 1. The molecule has 2 heterocycles. The van der Waals surface area contributed by atoms with Crippen LogP contribution >= 0.6 is 0 Å². The van der Waals surface area contributed by atoms with Crippen molar-refractivity contribution in [3.05, 3.63) is 66.0 Å². The van der Waals surface area contributed by atoms with Crippen LogP contribution in [-0.4, -0.2) is 45.4 Å². The molecule has 1 aliphatic rings. The van der Waals surface area contributed by atoms with Gasteiger partial charge in [0.25, 0.3) is 0 Å². The molecule has 0 saturated heterocycles. The second-order valence-electron chi connectivity index (χ2n) is 6.20. The van der Waals surface area contributed by atoms with E-state index in [1.54, 1.807) is 18.2 Å². The number of aliphatic hydroxyl groups is 2. The van der Waals surface area contributed by atoms with Crippen LogP contribution in [0.2, 0.25) is 0 Å². The lowest BCUT2D eigenvalue weighted by molar-refractivity contribution is -0.137. The van der Waals surface area contributed by atoms with E-state index in [1.807, 2.05) is 0 Å². The fraction of sp³-hybridized carbons (Fsp3) is 0.263. The van der Waals surface area contributed by atoms with E-state index in [9.17, 15) is 28.2 Å². The van der Waals surface area contributed by atoms with E-state index < -0.39 is 24.5 Å². The molecule has 1 aliphatic heterocycles. The van der Waals surface area contributed by atoms with Crippen LogP contribution in [-0.2, 0) is 11.0 Å². The van der Waals surface area contributed by atoms with Crippen LogP contribution in [0.4, 0.5) is 18.9 Å². The van der Waals surface area contributed by atoms with E-state index in [-0.39, 0.29) is 18.9 Å². The molecule has 2 N–H and O–H groups in total. The largest absolute Gasteiger partial charge is 0.416 e. The van der Waals surface area contributed by atoms with Gasteiger partial charge in [-0.05, 0) is 35.9 Å². The minimum atomic E-state index is -4.45. The molecular formula is C19H18F3N3O3. The van der Waals surface area contributed by atoms with Crippen LogP contribution in [0, 0.1) is 0 Å². The van der Waals surface area contributed by atoms with Gasteiger partial charge in [-0.15, -0.1) is 0 Å². The van der Waals surface area contributed by atoms with Gasteiger partial charge in [-0.1, -0.05) is 12.1 Å². The van der Waals surface area contributed by atoms with Crippen molar-refractivity contribution in [2.45, 2.75) is 18.7 Å². The van der Waals surface area contributed by atoms with Crippen LogP contribution < -0.4 is 5.01 Å². The molecule has 9 heteroatoms. The highest BCUT2D eigenvalue weighted by Crippen LogP contribution is 2.33. The quantitative estimate of drug-likeness (QED) is 0.816. The number of rotatable bonds is 5. The Morgan fingerprint density at radius 1 is 1.18 bits per heavy atom. The Labute approximate surface area is 159 Å². The number of carbonyl (C=O) groups is 1. The predicted octanol–water partition coefficient (Wildman–Crippen LogP) is 2.45. The third kappa shape index (κ3) is 4.15. The summed E-state index contributed by atoms with van der Waals surface area (Å²) >= 11 is 0. The summed E-state index contributed by atoms with van der Waals surface area (Å²) in [7, 11) is 0. The minimum absolute atomic E-state index is 0.0248. The lowest BCUT2D eigenvalue weighted by Gasteiger charge is -2.41. The van der Waals surface area contributed by atoms with Crippen LogP contribution in [0.25, 0.3) is 5.70 Å². The van der Waals surface area contributed by atoms with E-state index in [0.29, 0.717) is 16.9 Å². The third-order valence-electron chi connectivity index (χ3n) is 4.22. The zero-order valence-corrected chi connectivity index (χ0v) is 14.7. The molecule has 28 heavy (non-hydrogen) atoms. The molecule has 6 nitrogen and oxygen atoms in total. The van der Waals surface area contributed by atoms with Crippen LogP contribution in [0.15, 0.2) is 54.9 Å². The molecule has 1 unspecified atom stereocenters. The number of nitrogens with zero attached hydrogens (tertiary/aromatic N) is 3. The van der Waals surface area contributed by atoms with Crippen molar-refractivity contribution in [3.63, 3.8) is 0 Å². The number of β-amino-alcohol motifs (C(OH)–C–C–N with tert-alkyl or cyclic N) is 1. The number of aliphatic hydroxyl groups excluding tert-OH is 2. The zero-order chi connectivity index (χ0) is 20.3. The normalized spacial score (nSPS) is 16.2. The van der Waals surface area contributed by atoms with E-state index in [0.717, 1.165) is 12.1 Å². The van der Waals surface area contributed by atoms with E-state index in [1.165, 1.54) is 34.5 Å². The molecule has 2 aromatic rings. The van der Waals surface area contributed by atoms with Gasteiger partial charge in [0.1, 0.15) is 0 Å². The average molecular weight is 393 g/mol. The molecule has 1 amide bonds. The van der Waals surface area contributed by atoms with Crippen molar-refractivity contribution in [3.8, 4) is 0 Å². The number of hydrogen-bond acceptors (Lipinski definition) is 5. The first-order valence-electron chi connectivity index (χ1n) is 8.48. The molecule has 0 saturated carbocycles. The predicted molar refractivity (Wildman–Crippen MR) is 95.6 cm³/mol. The summed E-state index contributed by atoms with van der Waals surface area (Å²) in [5.41, 5.74) is 0.550. The first-order valence-corrected chi connectivity index (χ1v) is 8.48. The first-order chi connectivity index (χ1) is 13.3. The molecule has 1 atom stereocenters. The summed E-state index contributed by atoms with van der Waals surface area (Å²) < 4.78 is 38.5. The summed E-state index contributed by atoms with van der Waals surface area (Å²) in [6.45, 7) is -0.671. The maximum absolute atomic E-state index is 12.8. The van der Waals surface area contributed by atoms with Gasteiger partial charge in [0.2, 0.25) is 5.91 Å². The molecular weight excluding hydrogens is 375 g/mol.